The van der Waals surface area contributed by atoms with E-state index in [1.165, 1.54) is 12.1 Å². The summed E-state index contributed by atoms with van der Waals surface area (Å²) in [5.74, 6) is 0. The number of ether oxygens (including phenoxy) is 1. The molecule has 1 heterocycles. The summed E-state index contributed by atoms with van der Waals surface area (Å²) in [6, 6.07) is 11.9. The highest BCUT2D eigenvalue weighted by Gasteiger charge is 2.19. The molecule has 1 saturated heterocycles. The largest absolute Gasteiger partial charge is 0.378 e. The Labute approximate surface area is 157 Å². The van der Waals surface area contributed by atoms with Crippen molar-refractivity contribution in [2.24, 2.45) is 0 Å². The van der Waals surface area contributed by atoms with E-state index in [1.807, 2.05) is 4.72 Å². The van der Waals surface area contributed by atoms with Gasteiger partial charge in [-0.3, -0.25) is 0 Å². The van der Waals surface area contributed by atoms with Gasteiger partial charge in [-0.2, -0.15) is 0 Å². The molecule has 0 spiro atoms. The minimum absolute atomic E-state index is 0.0146. The standard InChI is InChI=1S/C17H18ClN3O4S/c18-13-1-3-14(4-2-13)19-17(22)20-26(23,24)16-7-5-15(6-8-16)21-9-11-25-12-10-21/h1-8H,9-12H2,(H2,19,20,22). The molecule has 0 atom stereocenters. The van der Waals surface area contributed by atoms with Crippen molar-refractivity contribution in [3.8, 4) is 0 Å². The number of hydrogen-bond donors (Lipinski definition) is 2. The van der Waals surface area contributed by atoms with Gasteiger partial charge in [-0.25, -0.2) is 17.9 Å². The number of benzene rings is 2. The first-order valence-corrected chi connectivity index (χ1v) is 9.82. The van der Waals surface area contributed by atoms with E-state index in [1.54, 1.807) is 36.4 Å². The molecule has 0 saturated carbocycles. The molecule has 0 aromatic heterocycles. The number of anilines is 2. The smallest absolute Gasteiger partial charge is 0.333 e. The van der Waals surface area contributed by atoms with E-state index < -0.39 is 16.1 Å². The molecular weight excluding hydrogens is 378 g/mol. The van der Waals surface area contributed by atoms with Crippen molar-refractivity contribution in [2.75, 3.05) is 36.5 Å². The molecule has 3 rings (SSSR count). The summed E-state index contributed by atoms with van der Waals surface area (Å²) in [4.78, 5) is 14.1. The fourth-order valence-corrected chi connectivity index (χ4v) is 3.56. The van der Waals surface area contributed by atoms with E-state index in [-0.39, 0.29) is 4.90 Å². The van der Waals surface area contributed by atoms with Crippen LogP contribution in [0.25, 0.3) is 0 Å². The lowest BCUT2D eigenvalue weighted by molar-refractivity contribution is 0.122. The molecule has 9 heteroatoms. The van der Waals surface area contributed by atoms with E-state index in [0.29, 0.717) is 23.9 Å². The first-order chi connectivity index (χ1) is 12.4. The zero-order chi connectivity index (χ0) is 18.6. The Hall–Kier alpha value is -2.29. The maximum Gasteiger partial charge on any atom is 0.333 e. The summed E-state index contributed by atoms with van der Waals surface area (Å²) < 4.78 is 32.0. The minimum atomic E-state index is -3.97. The van der Waals surface area contributed by atoms with E-state index >= 15 is 0 Å². The zero-order valence-corrected chi connectivity index (χ0v) is 15.4. The minimum Gasteiger partial charge on any atom is -0.378 e. The Balaban J connectivity index is 1.65. The van der Waals surface area contributed by atoms with E-state index in [0.717, 1.165) is 18.8 Å². The predicted molar refractivity (Wildman–Crippen MR) is 100 cm³/mol. The molecule has 0 aliphatic carbocycles. The second kappa shape index (κ2) is 7.94. The van der Waals surface area contributed by atoms with Gasteiger partial charge in [-0.15, -0.1) is 0 Å². The molecule has 7 nitrogen and oxygen atoms in total. The number of morpholine rings is 1. The molecule has 26 heavy (non-hydrogen) atoms. The molecule has 1 aliphatic rings. The molecule has 2 N–H and O–H groups in total. The van der Waals surface area contributed by atoms with Crippen molar-refractivity contribution in [3.63, 3.8) is 0 Å². The van der Waals surface area contributed by atoms with Crippen LogP contribution in [0.3, 0.4) is 0 Å². The van der Waals surface area contributed by atoms with Crippen molar-refractivity contribution in [1.29, 1.82) is 0 Å². The molecule has 2 aromatic carbocycles. The highest BCUT2D eigenvalue weighted by atomic mass is 35.5. The van der Waals surface area contributed by atoms with E-state index in [9.17, 15) is 13.2 Å². The summed E-state index contributed by atoms with van der Waals surface area (Å²) in [6.07, 6.45) is 0. The van der Waals surface area contributed by atoms with Crippen LogP contribution in [0, 0.1) is 0 Å². The van der Waals surface area contributed by atoms with Crippen molar-refractivity contribution < 1.29 is 17.9 Å². The Bertz CT molecular complexity index is 864. The summed E-state index contributed by atoms with van der Waals surface area (Å²) in [6.45, 7) is 2.81. The number of sulfonamides is 1. The first kappa shape index (κ1) is 18.5. The van der Waals surface area contributed by atoms with Gasteiger partial charge < -0.3 is 15.0 Å². The van der Waals surface area contributed by atoms with Crippen molar-refractivity contribution >= 4 is 39.0 Å². The van der Waals surface area contributed by atoms with Gasteiger partial charge in [0.2, 0.25) is 0 Å². The first-order valence-electron chi connectivity index (χ1n) is 7.96. The summed E-state index contributed by atoms with van der Waals surface area (Å²) >= 11 is 5.77. The molecule has 0 radical (unpaired) electrons. The Kier molecular flexibility index (Phi) is 5.65. The Morgan fingerprint density at radius 3 is 2.23 bits per heavy atom. The number of amides is 2. The van der Waals surface area contributed by atoms with Crippen molar-refractivity contribution in [2.45, 2.75) is 4.90 Å². The maximum absolute atomic E-state index is 12.3. The van der Waals surface area contributed by atoms with Crippen LogP contribution in [0.2, 0.25) is 5.02 Å². The van der Waals surface area contributed by atoms with Crippen LogP contribution in [-0.4, -0.2) is 40.8 Å². The molecule has 0 bridgehead atoms. The Morgan fingerprint density at radius 2 is 1.62 bits per heavy atom. The summed E-state index contributed by atoms with van der Waals surface area (Å²) in [5, 5.41) is 2.97. The van der Waals surface area contributed by atoms with Crippen LogP contribution in [0.5, 0.6) is 0 Å². The lowest BCUT2D eigenvalue weighted by atomic mass is 10.2. The van der Waals surface area contributed by atoms with Gasteiger partial charge in [0.25, 0.3) is 10.0 Å². The average molecular weight is 396 g/mol. The monoisotopic (exact) mass is 395 g/mol. The number of hydrogen-bond acceptors (Lipinski definition) is 5. The molecule has 138 valence electrons. The predicted octanol–water partition coefficient (Wildman–Crippen LogP) is 2.69. The molecule has 2 aromatic rings. The summed E-state index contributed by atoms with van der Waals surface area (Å²) in [7, 11) is -3.97. The second-order valence-electron chi connectivity index (χ2n) is 5.66. The molecular formula is C17H18ClN3O4S. The van der Waals surface area contributed by atoms with Gasteiger partial charge in [0.1, 0.15) is 0 Å². The zero-order valence-electron chi connectivity index (χ0n) is 13.8. The highest BCUT2D eigenvalue weighted by molar-refractivity contribution is 7.90. The van der Waals surface area contributed by atoms with Crippen LogP contribution in [0.4, 0.5) is 16.2 Å². The van der Waals surface area contributed by atoms with E-state index in [4.69, 9.17) is 16.3 Å². The number of rotatable bonds is 4. The number of halogens is 1. The van der Waals surface area contributed by atoms with Gasteiger partial charge in [0.05, 0.1) is 18.1 Å². The fraction of sp³-hybridized carbons (Fsp3) is 0.235. The molecule has 1 fully saturated rings. The summed E-state index contributed by atoms with van der Waals surface area (Å²) in [5.41, 5.74) is 1.35. The van der Waals surface area contributed by atoms with Crippen LogP contribution < -0.4 is 14.9 Å². The number of urea groups is 1. The van der Waals surface area contributed by atoms with Gasteiger partial charge >= 0.3 is 6.03 Å². The van der Waals surface area contributed by atoms with Crippen LogP contribution in [0.1, 0.15) is 0 Å². The maximum atomic E-state index is 12.3. The van der Waals surface area contributed by atoms with Crippen molar-refractivity contribution in [1.82, 2.24) is 4.72 Å². The van der Waals surface area contributed by atoms with E-state index in [2.05, 4.69) is 10.2 Å². The lowest BCUT2D eigenvalue weighted by Crippen LogP contribution is -2.36. The fourth-order valence-electron chi connectivity index (χ4n) is 2.53. The van der Waals surface area contributed by atoms with Gasteiger partial charge in [-0.05, 0) is 48.5 Å². The van der Waals surface area contributed by atoms with Crippen molar-refractivity contribution in [3.05, 3.63) is 53.6 Å². The number of carbonyl (C=O) groups excluding carboxylic acids is 1. The molecule has 1 aliphatic heterocycles. The number of nitrogens with zero attached hydrogens (tertiary/aromatic N) is 1. The van der Waals surface area contributed by atoms with Gasteiger partial charge in [0, 0.05) is 29.5 Å². The average Bonchev–Trinajstić information content (AvgIpc) is 2.64. The highest BCUT2D eigenvalue weighted by Crippen LogP contribution is 2.19. The molecule has 2 amide bonds. The van der Waals surface area contributed by atoms with Crippen LogP contribution >= 0.6 is 11.6 Å². The molecule has 0 unspecified atom stereocenters. The third-order valence-electron chi connectivity index (χ3n) is 3.85. The Morgan fingerprint density at radius 1 is 1.00 bits per heavy atom. The van der Waals surface area contributed by atoms with Gasteiger partial charge in [-0.1, -0.05) is 11.6 Å². The van der Waals surface area contributed by atoms with Gasteiger partial charge in [0.15, 0.2) is 0 Å². The topological polar surface area (TPSA) is 87.7 Å². The normalized spacial score (nSPS) is 14.7. The number of carbonyl (C=O) groups is 1. The van der Waals surface area contributed by atoms with Crippen LogP contribution in [-0.2, 0) is 14.8 Å². The third-order valence-corrected chi connectivity index (χ3v) is 5.45. The second-order valence-corrected chi connectivity index (χ2v) is 7.78. The third kappa shape index (κ3) is 4.66. The lowest BCUT2D eigenvalue weighted by Gasteiger charge is -2.28. The quantitative estimate of drug-likeness (QED) is 0.831. The SMILES string of the molecule is O=C(Nc1ccc(Cl)cc1)NS(=O)(=O)c1ccc(N2CCOCC2)cc1. The van der Waals surface area contributed by atoms with Crippen LogP contribution in [0.15, 0.2) is 53.4 Å². The number of nitrogens with one attached hydrogen (secondary N) is 2.